The lowest BCUT2D eigenvalue weighted by Crippen LogP contribution is -2.25. The van der Waals surface area contributed by atoms with Gasteiger partial charge in [0.2, 0.25) is 0 Å². The molecule has 0 bridgehead atoms. The van der Waals surface area contributed by atoms with Crippen molar-refractivity contribution in [2.24, 2.45) is 0 Å². The Morgan fingerprint density at radius 3 is 2.96 bits per heavy atom. The van der Waals surface area contributed by atoms with Crippen molar-refractivity contribution in [1.29, 1.82) is 0 Å². The van der Waals surface area contributed by atoms with Crippen LogP contribution in [0.4, 0.5) is 13.9 Å². The van der Waals surface area contributed by atoms with Gasteiger partial charge in [0.05, 0.1) is 4.70 Å². The minimum absolute atomic E-state index is 0.104. The first-order valence-electron chi connectivity index (χ1n) is 8.30. The normalized spacial score (nSPS) is 14.7. The predicted molar refractivity (Wildman–Crippen MR) is 98.5 cm³/mol. The molecular weight excluding hydrogens is 374 g/mol. The minimum Gasteiger partial charge on any atom is -0.483 e. The first-order chi connectivity index (χ1) is 12.8. The van der Waals surface area contributed by atoms with Crippen LogP contribution in [-0.2, 0) is 11.2 Å². The Bertz CT molecular complexity index is 1050. The van der Waals surface area contributed by atoms with E-state index in [1.165, 1.54) is 6.07 Å². The minimum atomic E-state index is -1.03. The third-order valence-corrected chi connectivity index (χ3v) is 5.05. The number of carbonyl (C=O) groups excluding carboxylic acids is 1. The number of rotatable bonds is 4. The third-order valence-electron chi connectivity index (χ3n) is 4.11. The maximum absolute atomic E-state index is 13.7. The summed E-state index contributed by atoms with van der Waals surface area (Å²) in [5.41, 5.74) is 0.610. The Morgan fingerprint density at radius 2 is 2.15 bits per heavy atom. The van der Waals surface area contributed by atoms with Gasteiger partial charge in [-0.15, -0.1) is 0 Å². The number of para-hydroxylation sites is 1. The number of benzene rings is 2. The van der Waals surface area contributed by atoms with Crippen LogP contribution in [0, 0.1) is 11.6 Å². The van der Waals surface area contributed by atoms with Gasteiger partial charge >= 0.3 is 0 Å². The molecule has 0 unspecified atom stereocenters. The van der Waals surface area contributed by atoms with E-state index in [0.717, 1.165) is 29.4 Å². The highest BCUT2D eigenvalue weighted by molar-refractivity contribution is 7.22. The van der Waals surface area contributed by atoms with Crippen LogP contribution in [0.15, 0.2) is 30.3 Å². The molecule has 0 saturated carbocycles. The van der Waals surface area contributed by atoms with E-state index in [1.807, 2.05) is 26.0 Å². The van der Waals surface area contributed by atoms with E-state index >= 15 is 0 Å². The molecule has 1 aliphatic heterocycles. The molecule has 27 heavy (non-hydrogen) atoms. The molecule has 3 aromatic rings. The van der Waals surface area contributed by atoms with Crippen molar-refractivity contribution in [2.45, 2.75) is 25.9 Å². The summed E-state index contributed by atoms with van der Waals surface area (Å²) in [5, 5.41) is 2.73. The van der Waals surface area contributed by atoms with Gasteiger partial charge in [-0.1, -0.05) is 23.5 Å². The molecule has 8 heteroatoms. The summed E-state index contributed by atoms with van der Waals surface area (Å²) in [6, 6.07) is 8.00. The number of fused-ring (bicyclic) bond motifs is 2. The van der Waals surface area contributed by atoms with Gasteiger partial charge in [-0.3, -0.25) is 10.1 Å². The Balaban J connectivity index is 1.44. The maximum atomic E-state index is 13.7. The van der Waals surface area contributed by atoms with Crippen molar-refractivity contribution in [1.82, 2.24) is 4.98 Å². The van der Waals surface area contributed by atoms with Crippen molar-refractivity contribution in [3.63, 3.8) is 0 Å². The number of aromatic nitrogens is 1. The average Bonchev–Trinajstić information content (AvgIpc) is 3.15. The first kappa shape index (κ1) is 17.7. The predicted octanol–water partition coefficient (Wildman–Crippen LogP) is 4.31. The molecule has 0 aliphatic carbocycles. The van der Waals surface area contributed by atoms with E-state index in [9.17, 15) is 13.6 Å². The molecule has 0 atom stereocenters. The molecule has 2 aromatic carbocycles. The van der Waals surface area contributed by atoms with Gasteiger partial charge in [0, 0.05) is 12.0 Å². The number of nitrogens with zero attached hydrogens (tertiary/aromatic N) is 1. The van der Waals surface area contributed by atoms with Crippen LogP contribution in [0.3, 0.4) is 0 Å². The Labute approximate surface area is 157 Å². The molecule has 1 amide bonds. The molecule has 1 aromatic heterocycles. The highest BCUT2D eigenvalue weighted by Crippen LogP contribution is 2.41. The standard InChI is InChI=1S/C19H16F2N2O3S/c1-19(2)8-10-4-3-5-12(17(10)26-19)25-9-14(24)22-18-23-16-13(27-18)7-6-11(20)15(16)21/h3-7H,8-9H2,1-2H3,(H,22,23,24). The SMILES string of the molecule is CC1(C)Cc2cccc(OCC(=O)Nc3nc4c(F)c(F)ccc4s3)c2O1. The zero-order chi connectivity index (χ0) is 19.2. The van der Waals surface area contributed by atoms with Crippen LogP contribution >= 0.6 is 11.3 Å². The number of carbonyl (C=O) groups is 1. The lowest BCUT2D eigenvalue weighted by molar-refractivity contribution is -0.118. The van der Waals surface area contributed by atoms with Crippen LogP contribution < -0.4 is 14.8 Å². The van der Waals surface area contributed by atoms with Gasteiger partial charge in [-0.05, 0) is 32.0 Å². The highest BCUT2D eigenvalue weighted by Gasteiger charge is 2.32. The number of hydrogen-bond donors (Lipinski definition) is 1. The van der Waals surface area contributed by atoms with Gasteiger partial charge in [-0.25, -0.2) is 13.8 Å². The zero-order valence-electron chi connectivity index (χ0n) is 14.6. The Hall–Kier alpha value is -2.74. The fourth-order valence-corrected chi connectivity index (χ4v) is 3.87. The van der Waals surface area contributed by atoms with E-state index in [-0.39, 0.29) is 22.9 Å². The average molecular weight is 390 g/mol. The molecular formula is C19H16F2N2O3S. The monoisotopic (exact) mass is 390 g/mol. The summed E-state index contributed by atoms with van der Waals surface area (Å²) >= 11 is 1.06. The van der Waals surface area contributed by atoms with Crippen molar-refractivity contribution in [3.05, 3.63) is 47.5 Å². The number of halogens is 2. The largest absolute Gasteiger partial charge is 0.483 e. The molecule has 5 nitrogen and oxygen atoms in total. The Kier molecular flexibility index (Phi) is 4.22. The van der Waals surface area contributed by atoms with E-state index in [4.69, 9.17) is 9.47 Å². The van der Waals surface area contributed by atoms with Crippen LogP contribution in [0.2, 0.25) is 0 Å². The van der Waals surface area contributed by atoms with Crippen LogP contribution in [0.5, 0.6) is 11.5 Å². The smallest absolute Gasteiger partial charge is 0.264 e. The molecule has 1 N–H and O–H groups in total. The van der Waals surface area contributed by atoms with E-state index in [2.05, 4.69) is 10.3 Å². The fraction of sp³-hybridized carbons (Fsp3) is 0.263. The van der Waals surface area contributed by atoms with Gasteiger partial charge in [-0.2, -0.15) is 0 Å². The van der Waals surface area contributed by atoms with Crippen molar-refractivity contribution in [2.75, 3.05) is 11.9 Å². The third kappa shape index (κ3) is 3.44. The zero-order valence-corrected chi connectivity index (χ0v) is 15.5. The van der Waals surface area contributed by atoms with E-state index in [0.29, 0.717) is 16.2 Å². The van der Waals surface area contributed by atoms with Crippen LogP contribution in [-0.4, -0.2) is 23.1 Å². The lowest BCUT2D eigenvalue weighted by Gasteiger charge is -2.18. The van der Waals surface area contributed by atoms with Gasteiger partial charge < -0.3 is 9.47 Å². The summed E-state index contributed by atoms with van der Waals surface area (Å²) in [7, 11) is 0. The van der Waals surface area contributed by atoms with Crippen molar-refractivity contribution >= 4 is 32.6 Å². The van der Waals surface area contributed by atoms with E-state index in [1.54, 1.807) is 6.07 Å². The number of nitrogens with one attached hydrogen (secondary N) is 1. The first-order valence-corrected chi connectivity index (χ1v) is 9.12. The summed E-state index contributed by atoms with van der Waals surface area (Å²) in [6.45, 7) is 3.71. The number of hydrogen-bond acceptors (Lipinski definition) is 5. The topological polar surface area (TPSA) is 60.5 Å². The summed E-state index contributed by atoms with van der Waals surface area (Å²) in [4.78, 5) is 16.1. The number of anilines is 1. The van der Waals surface area contributed by atoms with E-state index < -0.39 is 17.5 Å². The molecule has 2 heterocycles. The second kappa shape index (κ2) is 6.45. The summed E-state index contributed by atoms with van der Waals surface area (Å²) < 4.78 is 38.9. The molecule has 0 spiro atoms. The number of amides is 1. The van der Waals surface area contributed by atoms with Crippen LogP contribution in [0.25, 0.3) is 10.2 Å². The number of thiazole rings is 1. The highest BCUT2D eigenvalue weighted by atomic mass is 32.1. The second-order valence-corrected chi connectivity index (χ2v) is 7.88. The van der Waals surface area contributed by atoms with Gasteiger partial charge in [0.15, 0.2) is 34.9 Å². The van der Waals surface area contributed by atoms with Crippen molar-refractivity contribution < 1.29 is 23.0 Å². The Morgan fingerprint density at radius 1 is 1.33 bits per heavy atom. The molecule has 0 radical (unpaired) electrons. The molecule has 4 rings (SSSR count). The molecule has 0 fully saturated rings. The lowest BCUT2D eigenvalue weighted by atomic mass is 10.0. The molecule has 1 aliphatic rings. The molecule has 140 valence electrons. The van der Waals surface area contributed by atoms with Gasteiger partial charge in [0.25, 0.3) is 5.91 Å². The number of ether oxygens (including phenoxy) is 2. The molecule has 0 saturated heterocycles. The fourth-order valence-electron chi connectivity index (χ4n) is 2.99. The summed E-state index contributed by atoms with van der Waals surface area (Å²) in [6.07, 6.45) is 0.763. The maximum Gasteiger partial charge on any atom is 0.264 e. The van der Waals surface area contributed by atoms with Crippen LogP contribution in [0.1, 0.15) is 19.4 Å². The van der Waals surface area contributed by atoms with Crippen molar-refractivity contribution in [3.8, 4) is 11.5 Å². The van der Waals surface area contributed by atoms with Gasteiger partial charge in [0.1, 0.15) is 11.1 Å². The quantitative estimate of drug-likeness (QED) is 0.721. The second-order valence-electron chi connectivity index (χ2n) is 6.85. The summed E-state index contributed by atoms with van der Waals surface area (Å²) in [5.74, 6) is -1.32.